The van der Waals surface area contributed by atoms with Crippen LogP contribution in [0, 0.1) is 0 Å². The van der Waals surface area contributed by atoms with Gasteiger partial charge in [-0.15, -0.1) is 0 Å². The Labute approximate surface area is 99.4 Å². The molecule has 84 valence electrons. The number of hydrogen-bond acceptors (Lipinski definition) is 0. The summed E-state index contributed by atoms with van der Waals surface area (Å²) in [5, 5.41) is 0. The van der Waals surface area contributed by atoms with Crippen LogP contribution in [0.2, 0.25) is 0 Å². The predicted molar refractivity (Wildman–Crippen MR) is 75.3 cm³/mol. The van der Waals surface area contributed by atoms with Gasteiger partial charge >= 0.3 is 0 Å². The highest BCUT2D eigenvalue weighted by atomic mass is 13.7. The average molecular weight is 212 g/mol. The van der Waals surface area contributed by atoms with E-state index < -0.39 is 0 Å². The Morgan fingerprint density at radius 1 is 0.625 bits per heavy atom. The van der Waals surface area contributed by atoms with Crippen LogP contribution in [0.5, 0.6) is 0 Å². The lowest BCUT2D eigenvalue weighted by Gasteiger charge is -1.75. The van der Waals surface area contributed by atoms with E-state index in [0.29, 0.717) is 0 Å². The summed E-state index contributed by atoms with van der Waals surface area (Å²) in [6.45, 7) is 5.71. The molecule has 0 atom stereocenters. The molecule has 0 spiro atoms. The molecule has 0 aromatic heterocycles. The number of hydrogen-bond donors (Lipinski definition) is 0. The lowest BCUT2D eigenvalue weighted by molar-refractivity contribution is 1.22. The number of rotatable bonds is 7. The molecule has 0 aromatic rings. The SMILES string of the molecule is C=CC=CC=CC=CC=CC=CC=CCC. The molecule has 0 nitrogen and oxygen atoms in total. The monoisotopic (exact) mass is 212 g/mol. The molecule has 0 heterocycles. The Morgan fingerprint density at radius 2 is 1.00 bits per heavy atom. The van der Waals surface area contributed by atoms with Gasteiger partial charge in [-0.2, -0.15) is 0 Å². The standard InChI is InChI=1S/C16H20/c1-3-5-7-9-11-13-15-16-14-12-10-8-6-4-2/h3,5-16H,1,4H2,2H3. The second-order valence-electron chi connectivity index (χ2n) is 3.00. The quantitative estimate of drug-likeness (QED) is 0.525. The van der Waals surface area contributed by atoms with Crippen molar-refractivity contribution < 1.29 is 0 Å². The van der Waals surface area contributed by atoms with E-state index in [1.807, 2.05) is 66.8 Å². The maximum atomic E-state index is 3.59. The van der Waals surface area contributed by atoms with Gasteiger partial charge in [-0.25, -0.2) is 0 Å². The van der Waals surface area contributed by atoms with Crippen LogP contribution in [0.25, 0.3) is 0 Å². The Kier molecular flexibility index (Phi) is 11.7. The highest BCUT2D eigenvalue weighted by Gasteiger charge is 1.64. The van der Waals surface area contributed by atoms with E-state index in [-0.39, 0.29) is 0 Å². The second-order valence-corrected chi connectivity index (χ2v) is 3.00. The third-order valence-corrected chi connectivity index (χ3v) is 1.62. The first-order chi connectivity index (χ1) is 7.91. The van der Waals surface area contributed by atoms with E-state index in [0.717, 1.165) is 6.42 Å². The molecule has 0 saturated carbocycles. The number of allylic oxidation sites excluding steroid dienone is 13. The van der Waals surface area contributed by atoms with Crippen molar-refractivity contribution in [2.45, 2.75) is 13.3 Å². The Hall–Kier alpha value is -1.82. The molecule has 0 radical (unpaired) electrons. The summed E-state index contributed by atoms with van der Waals surface area (Å²) in [7, 11) is 0. The van der Waals surface area contributed by atoms with Crippen LogP contribution in [0.3, 0.4) is 0 Å². The smallest absolute Gasteiger partial charge is 0.0376 e. The molecule has 0 aliphatic heterocycles. The van der Waals surface area contributed by atoms with Crippen LogP contribution < -0.4 is 0 Å². The molecule has 0 rings (SSSR count). The molecular weight excluding hydrogens is 192 g/mol. The summed E-state index contributed by atoms with van der Waals surface area (Å²) in [5.41, 5.74) is 0. The fraction of sp³-hybridized carbons (Fsp3) is 0.125. The zero-order valence-electron chi connectivity index (χ0n) is 9.92. The molecule has 0 aliphatic rings. The first-order valence-electron chi connectivity index (χ1n) is 5.52. The van der Waals surface area contributed by atoms with Crippen LogP contribution in [-0.4, -0.2) is 0 Å². The van der Waals surface area contributed by atoms with Gasteiger partial charge in [0.25, 0.3) is 0 Å². The van der Waals surface area contributed by atoms with Crippen LogP contribution in [0.1, 0.15) is 13.3 Å². The molecule has 0 aliphatic carbocycles. The van der Waals surface area contributed by atoms with Gasteiger partial charge in [-0.1, -0.05) is 92.5 Å². The molecule has 0 saturated heterocycles. The van der Waals surface area contributed by atoms with E-state index >= 15 is 0 Å². The second kappa shape index (κ2) is 13.2. The largest absolute Gasteiger partial charge is 0.0991 e. The Bertz CT molecular complexity index is 320. The third-order valence-electron chi connectivity index (χ3n) is 1.62. The van der Waals surface area contributed by atoms with Crippen molar-refractivity contribution in [2.24, 2.45) is 0 Å². The average Bonchev–Trinajstić information content (AvgIpc) is 2.31. The van der Waals surface area contributed by atoms with Gasteiger partial charge in [0.1, 0.15) is 0 Å². The van der Waals surface area contributed by atoms with E-state index in [4.69, 9.17) is 0 Å². The maximum absolute atomic E-state index is 3.59. The van der Waals surface area contributed by atoms with E-state index in [1.54, 1.807) is 6.08 Å². The molecule has 0 heteroatoms. The van der Waals surface area contributed by atoms with E-state index in [2.05, 4.69) is 19.6 Å². The van der Waals surface area contributed by atoms with Crippen LogP contribution >= 0.6 is 0 Å². The molecular formula is C16H20. The van der Waals surface area contributed by atoms with Crippen molar-refractivity contribution in [3.8, 4) is 0 Å². The summed E-state index contributed by atoms with van der Waals surface area (Å²) in [5.74, 6) is 0. The summed E-state index contributed by atoms with van der Waals surface area (Å²) in [4.78, 5) is 0. The normalized spacial score (nSPS) is 13.6. The van der Waals surface area contributed by atoms with Gasteiger partial charge in [-0.05, 0) is 6.42 Å². The summed E-state index contributed by atoms with van der Waals surface area (Å²) >= 11 is 0. The van der Waals surface area contributed by atoms with Crippen molar-refractivity contribution >= 4 is 0 Å². The van der Waals surface area contributed by atoms with Gasteiger partial charge in [0, 0.05) is 0 Å². The van der Waals surface area contributed by atoms with Crippen molar-refractivity contribution in [3.05, 3.63) is 85.6 Å². The first-order valence-corrected chi connectivity index (χ1v) is 5.52. The first kappa shape index (κ1) is 14.2. The van der Waals surface area contributed by atoms with Crippen LogP contribution in [-0.2, 0) is 0 Å². The zero-order valence-corrected chi connectivity index (χ0v) is 9.92. The van der Waals surface area contributed by atoms with Gasteiger partial charge in [0.15, 0.2) is 0 Å². The Balaban J connectivity index is 3.74. The molecule has 0 fully saturated rings. The van der Waals surface area contributed by atoms with Gasteiger partial charge < -0.3 is 0 Å². The molecule has 16 heavy (non-hydrogen) atoms. The molecule has 0 unspecified atom stereocenters. The molecule has 0 aromatic carbocycles. The predicted octanol–water partition coefficient (Wildman–Crippen LogP) is 4.92. The minimum absolute atomic E-state index is 1.08. The van der Waals surface area contributed by atoms with Gasteiger partial charge in [0.05, 0.1) is 0 Å². The molecule has 0 bridgehead atoms. The molecule has 0 N–H and O–H groups in total. The fourth-order valence-electron chi connectivity index (χ4n) is 0.871. The van der Waals surface area contributed by atoms with E-state index in [1.165, 1.54) is 0 Å². The Morgan fingerprint density at radius 3 is 1.38 bits per heavy atom. The summed E-state index contributed by atoms with van der Waals surface area (Å²) < 4.78 is 0. The van der Waals surface area contributed by atoms with Crippen molar-refractivity contribution in [3.63, 3.8) is 0 Å². The lowest BCUT2D eigenvalue weighted by atomic mass is 10.3. The highest BCUT2D eigenvalue weighted by molar-refractivity contribution is 5.20. The summed E-state index contributed by atoms with van der Waals surface area (Å²) in [6.07, 6.45) is 26.8. The zero-order chi connectivity index (χ0) is 11.9. The maximum Gasteiger partial charge on any atom is -0.0376 e. The third kappa shape index (κ3) is 12.2. The van der Waals surface area contributed by atoms with Crippen molar-refractivity contribution in [1.29, 1.82) is 0 Å². The van der Waals surface area contributed by atoms with Crippen molar-refractivity contribution in [1.82, 2.24) is 0 Å². The molecule has 0 amide bonds. The van der Waals surface area contributed by atoms with Gasteiger partial charge in [-0.3, -0.25) is 0 Å². The lowest BCUT2D eigenvalue weighted by Crippen LogP contribution is -1.53. The highest BCUT2D eigenvalue weighted by Crippen LogP contribution is 1.85. The van der Waals surface area contributed by atoms with Crippen molar-refractivity contribution in [2.75, 3.05) is 0 Å². The minimum Gasteiger partial charge on any atom is -0.0991 e. The topological polar surface area (TPSA) is 0 Å². The fourth-order valence-corrected chi connectivity index (χ4v) is 0.871. The minimum atomic E-state index is 1.08. The van der Waals surface area contributed by atoms with Crippen LogP contribution in [0.4, 0.5) is 0 Å². The van der Waals surface area contributed by atoms with E-state index in [9.17, 15) is 0 Å². The van der Waals surface area contributed by atoms with Crippen LogP contribution in [0.15, 0.2) is 85.6 Å². The summed E-state index contributed by atoms with van der Waals surface area (Å²) in [6, 6.07) is 0. The van der Waals surface area contributed by atoms with Gasteiger partial charge in [0.2, 0.25) is 0 Å².